The molecule has 3 nitrogen and oxygen atoms in total. The molecule has 0 aromatic heterocycles. The molecule has 1 atom stereocenters. The Morgan fingerprint density at radius 3 is 2.33 bits per heavy atom. The van der Waals surface area contributed by atoms with Crippen LogP contribution in [0.1, 0.15) is 38.7 Å². The van der Waals surface area contributed by atoms with Crippen LogP contribution in [0.4, 0.5) is 18.9 Å². The van der Waals surface area contributed by atoms with Gasteiger partial charge >= 0.3 is 5.51 Å². The van der Waals surface area contributed by atoms with Crippen molar-refractivity contribution in [2.24, 2.45) is 0 Å². The number of fused-ring (bicyclic) bond motifs is 1. The third-order valence-corrected chi connectivity index (χ3v) is 5.42. The lowest BCUT2D eigenvalue weighted by atomic mass is 9.94. The summed E-state index contributed by atoms with van der Waals surface area (Å²) in [4.78, 5) is -0.697. The normalized spacial score (nSPS) is 19.0. The fourth-order valence-corrected chi connectivity index (χ4v) is 3.67. The Kier molecular flexibility index (Phi) is 3.90. The van der Waals surface area contributed by atoms with E-state index in [2.05, 4.69) is 0 Å². The topological polar surface area (TPSA) is 37.1 Å². The van der Waals surface area contributed by atoms with Gasteiger partial charge in [-0.05, 0) is 19.4 Å². The molecule has 0 N–H and O–H groups in total. The zero-order chi connectivity index (χ0) is 16.0. The highest BCUT2D eigenvalue weighted by Gasteiger charge is 2.48. The van der Waals surface area contributed by atoms with E-state index < -0.39 is 20.2 Å². The molecule has 21 heavy (non-hydrogen) atoms. The van der Waals surface area contributed by atoms with Crippen molar-refractivity contribution in [3.63, 3.8) is 0 Å². The van der Waals surface area contributed by atoms with E-state index in [1.165, 1.54) is 6.07 Å². The van der Waals surface area contributed by atoms with Gasteiger partial charge in [0.25, 0.3) is 9.84 Å². The van der Waals surface area contributed by atoms with Crippen molar-refractivity contribution < 1.29 is 26.2 Å². The van der Waals surface area contributed by atoms with Crippen molar-refractivity contribution in [2.75, 3.05) is 6.54 Å². The maximum atomic E-state index is 12.7. The number of hydrogen-bond acceptors (Lipinski definition) is 2. The Hall–Kier alpha value is -1.37. The number of halogens is 3. The second kappa shape index (κ2) is 5.12. The van der Waals surface area contributed by atoms with Gasteiger partial charge in [0.15, 0.2) is 5.71 Å². The predicted molar refractivity (Wildman–Crippen MR) is 73.9 cm³/mol. The van der Waals surface area contributed by atoms with Crippen LogP contribution in [0.5, 0.6) is 0 Å². The summed E-state index contributed by atoms with van der Waals surface area (Å²) in [6.45, 7) is 6.40. The van der Waals surface area contributed by atoms with E-state index in [9.17, 15) is 21.6 Å². The summed E-state index contributed by atoms with van der Waals surface area (Å²) in [7, 11) is -5.31. The number of benzene rings is 1. The Bertz CT molecular complexity index is 705. The van der Waals surface area contributed by atoms with E-state index in [-0.39, 0.29) is 5.92 Å². The SMILES string of the molecule is CCC1C(C)=[N+](CC)c2cc(S(=O)(=O)C(F)(F)F)ccc21. The standard InChI is InChI=1S/C14H17F3NO2S/c1-4-11-9(3)18(5-2)13-8-10(6-7-12(11)13)21(19,20)14(15,16)17/h6-8,11H,4-5H2,1-3H3/q+1. The number of alkyl halides is 3. The zero-order valence-corrected chi connectivity index (χ0v) is 12.8. The summed E-state index contributed by atoms with van der Waals surface area (Å²) < 4.78 is 62.9. The third-order valence-electron chi connectivity index (χ3n) is 3.94. The number of rotatable bonds is 3. The fourth-order valence-electron chi connectivity index (χ4n) is 2.89. The summed E-state index contributed by atoms with van der Waals surface area (Å²) in [6, 6.07) is 3.69. The molecule has 7 heteroatoms. The average Bonchev–Trinajstić information content (AvgIpc) is 2.67. The smallest absolute Gasteiger partial charge is 0.214 e. The summed E-state index contributed by atoms with van der Waals surface area (Å²) in [5.41, 5.74) is -2.79. The molecule has 1 aliphatic heterocycles. The first-order chi connectivity index (χ1) is 9.65. The number of nitrogens with zero attached hydrogens (tertiary/aromatic N) is 1. The average molecular weight is 320 g/mol. The molecule has 0 saturated carbocycles. The van der Waals surface area contributed by atoms with E-state index in [0.717, 1.165) is 29.8 Å². The molecule has 0 aliphatic carbocycles. The third kappa shape index (κ3) is 2.37. The highest BCUT2D eigenvalue weighted by Crippen LogP contribution is 2.40. The van der Waals surface area contributed by atoms with E-state index >= 15 is 0 Å². The Balaban J connectivity index is 2.64. The van der Waals surface area contributed by atoms with Crippen molar-refractivity contribution in [3.05, 3.63) is 23.8 Å². The summed E-state index contributed by atoms with van der Waals surface area (Å²) in [5.74, 6) is 0.127. The molecule has 1 unspecified atom stereocenters. The lowest BCUT2D eigenvalue weighted by Crippen LogP contribution is -2.23. The molecule has 116 valence electrons. The van der Waals surface area contributed by atoms with Crippen LogP contribution in [0.15, 0.2) is 23.1 Å². The summed E-state index contributed by atoms with van der Waals surface area (Å²) in [6.07, 6.45) is 0.820. The molecular weight excluding hydrogens is 303 g/mol. The van der Waals surface area contributed by atoms with Crippen LogP contribution in [0, 0.1) is 0 Å². The van der Waals surface area contributed by atoms with E-state index in [1.54, 1.807) is 0 Å². The van der Waals surface area contributed by atoms with E-state index in [0.29, 0.717) is 12.2 Å². The molecule has 0 saturated heterocycles. The Morgan fingerprint density at radius 1 is 1.24 bits per heavy atom. The van der Waals surface area contributed by atoms with Crippen molar-refractivity contribution in [1.82, 2.24) is 0 Å². The number of sulfone groups is 1. The van der Waals surface area contributed by atoms with Crippen LogP contribution in [-0.2, 0) is 9.84 Å². The van der Waals surface area contributed by atoms with Gasteiger partial charge in [0, 0.05) is 18.6 Å². The summed E-state index contributed by atoms with van der Waals surface area (Å²) >= 11 is 0. The van der Waals surface area contributed by atoms with Crippen LogP contribution >= 0.6 is 0 Å². The first kappa shape index (κ1) is 16.0. The molecule has 1 heterocycles. The van der Waals surface area contributed by atoms with E-state index in [1.807, 2.05) is 25.3 Å². The van der Waals surface area contributed by atoms with Gasteiger partial charge in [0.1, 0.15) is 6.54 Å². The van der Waals surface area contributed by atoms with Crippen molar-refractivity contribution >= 4 is 21.2 Å². The van der Waals surface area contributed by atoms with Crippen LogP contribution in [0.3, 0.4) is 0 Å². The molecule has 1 aromatic rings. The van der Waals surface area contributed by atoms with Gasteiger partial charge in [-0.1, -0.05) is 13.0 Å². The largest absolute Gasteiger partial charge is 0.501 e. The van der Waals surface area contributed by atoms with Gasteiger partial charge in [-0.15, -0.1) is 0 Å². The Morgan fingerprint density at radius 2 is 1.86 bits per heavy atom. The van der Waals surface area contributed by atoms with Gasteiger partial charge in [-0.2, -0.15) is 17.7 Å². The molecular formula is C14H17F3NO2S+. The van der Waals surface area contributed by atoms with Crippen molar-refractivity contribution in [3.8, 4) is 0 Å². The molecule has 1 aromatic carbocycles. The second-order valence-electron chi connectivity index (χ2n) is 5.02. The van der Waals surface area contributed by atoms with Crippen LogP contribution in [0.2, 0.25) is 0 Å². The second-order valence-corrected chi connectivity index (χ2v) is 6.96. The van der Waals surface area contributed by atoms with Crippen molar-refractivity contribution in [1.29, 1.82) is 0 Å². The Labute approximate surface area is 122 Å². The quantitative estimate of drug-likeness (QED) is 0.798. The summed E-state index contributed by atoms with van der Waals surface area (Å²) in [5, 5.41) is 0. The van der Waals surface area contributed by atoms with Crippen LogP contribution < -0.4 is 0 Å². The highest BCUT2D eigenvalue weighted by atomic mass is 32.2. The van der Waals surface area contributed by atoms with Crippen LogP contribution in [0.25, 0.3) is 0 Å². The highest BCUT2D eigenvalue weighted by molar-refractivity contribution is 7.92. The molecule has 2 rings (SSSR count). The molecule has 0 amide bonds. The minimum atomic E-state index is -5.31. The lowest BCUT2D eigenvalue weighted by molar-refractivity contribution is -0.434. The molecule has 0 fully saturated rings. The monoisotopic (exact) mass is 320 g/mol. The molecule has 0 spiro atoms. The van der Waals surface area contributed by atoms with Gasteiger partial charge in [-0.3, -0.25) is 0 Å². The van der Waals surface area contributed by atoms with Crippen molar-refractivity contribution in [2.45, 2.75) is 43.5 Å². The number of hydrogen-bond donors (Lipinski definition) is 0. The first-order valence-electron chi connectivity index (χ1n) is 6.71. The lowest BCUT2D eigenvalue weighted by Gasteiger charge is -2.09. The molecule has 1 aliphatic rings. The molecule has 0 radical (unpaired) electrons. The van der Waals surface area contributed by atoms with Gasteiger partial charge in [0.2, 0.25) is 5.69 Å². The van der Waals surface area contributed by atoms with Gasteiger partial charge in [-0.25, -0.2) is 8.42 Å². The predicted octanol–water partition coefficient (Wildman–Crippen LogP) is 3.61. The maximum Gasteiger partial charge on any atom is 0.501 e. The fraction of sp³-hybridized carbons (Fsp3) is 0.500. The zero-order valence-electron chi connectivity index (χ0n) is 12.0. The van der Waals surface area contributed by atoms with E-state index in [4.69, 9.17) is 0 Å². The molecule has 0 bridgehead atoms. The minimum absolute atomic E-state index is 0.127. The first-order valence-corrected chi connectivity index (χ1v) is 8.19. The van der Waals surface area contributed by atoms with Gasteiger partial charge in [0.05, 0.1) is 10.8 Å². The minimum Gasteiger partial charge on any atom is -0.214 e. The maximum absolute atomic E-state index is 12.7. The van der Waals surface area contributed by atoms with Gasteiger partial charge < -0.3 is 0 Å². The van der Waals surface area contributed by atoms with Crippen LogP contribution in [-0.4, -0.2) is 30.8 Å².